The van der Waals surface area contributed by atoms with Gasteiger partial charge >= 0.3 is 29.6 Å². The van der Waals surface area contributed by atoms with Gasteiger partial charge in [-0.05, 0) is 61.9 Å². The molecule has 0 amide bonds. The third kappa shape index (κ3) is 8.15. The van der Waals surface area contributed by atoms with Crippen LogP contribution in [0.1, 0.15) is 72.9 Å². The monoisotopic (exact) mass is 551 g/mol. The van der Waals surface area contributed by atoms with Gasteiger partial charge in [-0.3, -0.25) is 4.98 Å². The Kier molecular flexibility index (Phi) is 11.5. The molecule has 0 saturated heterocycles. The molecule has 8 heteroatoms. The number of anilines is 1. The second-order valence-corrected chi connectivity index (χ2v) is 10.6. The third-order valence-electron chi connectivity index (χ3n) is 6.77. The van der Waals surface area contributed by atoms with Crippen molar-refractivity contribution in [3.63, 3.8) is 0 Å². The van der Waals surface area contributed by atoms with Crippen LogP contribution in [0.5, 0.6) is 5.75 Å². The number of carboxylic acid groups (broad SMARTS) is 1. The van der Waals surface area contributed by atoms with E-state index in [1.807, 2.05) is 5.38 Å². The van der Waals surface area contributed by atoms with Crippen molar-refractivity contribution in [1.82, 2.24) is 9.97 Å². The molecule has 0 radical (unpaired) electrons. The van der Waals surface area contributed by atoms with E-state index in [0.717, 1.165) is 22.8 Å². The Balaban J connectivity index is 0.00000420. The summed E-state index contributed by atoms with van der Waals surface area (Å²) in [6.07, 6.45) is 5.04. The van der Waals surface area contributed by atoms with Crippen molar-refractivity contribution in [2.75, 3.05) is 4.90 Å². The topological polar surface area (TPSA) is 78.4 Å². The molecular formula is C31H34N3NaO3S. The van der Waals surface area contributed by atoms with Crippen LogP contribution < -0.4 is 44.3 Å². The van der Waals surface area contributed by atoms with Gasteiger partial charge in [-0.15, -0.1) is 11.3 Å². The SMILES string of the molecule is CCC(CC)c1ccc(N(Cc2ccc(-c3csc(COc4cncc(C(=O)[O-])c4)n3)cc2)C(C)C)cc1.[Na+]. The van der Waals surface area contributed by atoms with E-state index in [9.17, 15) is 9.90 Å². The fourth-order valence-electron chi connectivity index (χ4n) is 4.51. The number of pyridine rings is 1. The van der Waals surface area contributed by atoms with E-state index < -0.39 is 5.97 Å². The van der Waals surface area contributed by atoms with Gasteiger partial charge in [0.15, 0.2) is 0 Å². The molecule has 0 saturated carbocycles. The summed E-state index contributed by atoms with van der Waals surface area (Å²) < 4.78 is 5.68. The van der Waals surface area contributed by atoms with Gasteiger partial charge in [0.1, 0.15) is 17.4 Å². The zero-order chi connectivity index (χ0) is 27.1. The van der Waals surface area contributed by atoms with Crippen molar-refractivity contribution in [2.24, 2.45) is 0 Å². The van der Waals surface area contributed by atoms with Gasteiger partial charge in [0.2, 0.25) is 0 Å². The van der Waals surface area contributed by atoms with Crippen molar-refractivity contribution in [2.45, 2.75) is 65.6 Å². The Bertz CT molecular complexity index is 1340. The molecule has 0 unspecified atom stereocenters. The second-order valence-electron chi connectivity index (χ2n) is 9.64. The number of carbonyl (C=O) groups is 1. The molecular weight excluding hydrogens is 517 g/mol. The molecule has 2 heterocycles. The van der Waals surface area contributed by atoms with E-state index in [1.165, 1.54) is 59.5 Å². The number of hydrogen-bond acceptors (Lipinski definition) is 7. The third-order valence-corrected chi connectivity index (χ3v) is 7.59. The van der Waals surface area contributed by atoms with Crippen LogP contribution in [0.15, 0.2) is 72.4 Å². The standard InChI is InChI=1S/C31H35N3O3S.Na/c1-5-23(6-2)24-11-13-27(14-12-24)34(21(3)4)18-22-7-9-25(10-8-22)29-20-38-30(33-29)19-37-28-15-26(31(35)36)16-32-17-28;/h7-17,20-21,23H,5-6,18-19H2,1-4H3,(H,35,36);/q;+1/p-1. The predicted octanol–water partition coefficient (Wildman–Crippen LogP) is 3.47. The van der Waals surface area contributed by atoms with Crippen LogP contribution in [0.4, 0.5) is 5.69 Å². The summed E-state index contributed by atoms with van der Waals surface area (Å²) in [5.74, 6) is -0.290. The summed E-state index contributed by atoms with van der Waals surface area (Å²) in [6, 6.07) is 19.4. The van der Waals surface area contributed by atoms with Gasteiger partial charge in [0.05, 0.1) is 17.9 Å². The summed E-state index contributed by atoms with van der Waals surface area (Å²) in [5.41, 5.74) is 5.82. The number of hydrogen-bond donors (Lipinski definition) is 0. The molecule has 0 N–H and O–H groups in total. The maximum Gasteiger partial charge on any atom is 1.00 e. The molecule has 39 heavy (non-hydrogen) atoms. The summed E-state index contributed by atoms with van der Waals surface area (Å²) in [5, 5.41) is 13.8. The number of carbonyl (C=O) groups excluding carboxylic acids is 1. The Morgan fingerprint density at radius 2 is 1.72 bits per heavy atom. The van der Waals surface area contributed by atoms with Crippen LogP contribution in [0.25, 0.3) is 11.3 Å². The summed E-state index contributed by atoms with van der Waals surface area (Å²) in [7, 11) is 0. The maximum atomic E-state index is 11.0. The minimum absolute atomic E-state index is 0. The van der Waals surface area contributed by atoms with Crippen LogP contribution in [0.3, 0.4) is 0 Å². The van der Waals surface area contributed by atoms with E-state index in [1.54, 1.807) is 0 Å². The number of carboxylic acids is 1. The summed E-state index contributed by atoms with van der Waals surface area (Å²) in [4.78, 5) is 22.0. The van der Waals surface area contributed by atoms with Crippen molar-refractivity contribution in [1.29, 1.82) is 0 Å². The van der Waals surface area contributed by atoms with Crippen molar-refractivity contribution < 1.29 is 44.2 Å². The fourth-order valence-corrected chi connectivity index (χ4v) is 5.23. The first-order valence-corrected chi connectivity index (χ1v) is 13.9. The second kappa shape index (κ2) is 14.6. The average Bonchev–Trinajstić information content (AvgIpc) is 3.41. The molecule has 0 spiro atoms. The van der Waals surface area contributed by atoms with Gasteiger partial charge in [-0.25, -0.2) is 4.98 Å². The van der Waals surface area contributed by atoms with Crippen molar-refractivity contribution in [3.05, 3.63) is 94.1 Å². The van der Waals surface area contributed by atoms with Gasteiger partial charge in [0.25, 0.3) is 0 Å². The molecule has 0 aliphatic carbocycles. The Morgan fingerprint density at radius 1 is 1.03 bits per heavy atom. The number of ether oxygens (including phenoxy) is 1. The number of aromatic carboxylic acids is 1. The van der Waals surface area contributed by atoms with Gasteiger partial charge < -0.3 is 19.5 Å². The molecule has 0 fully saturated rings. The zero-order valence-electron chi connectivity index (χ0n) is 23.4. The van der Waals surface area contributed by atoms with E-state index in [2.05, 4.69) is 91.1 Å². The minimum Gasteiger partial charge on any atom is -0.545 e. The molecule has 0 aliphatic heterocycles. The predicted molar refractivity (Wildman–Crippen MR) is 152 cm³/mol. The van der Waals surface area contributed by atoms with E-state index in [0.29, 0.717) is 17.7 Å². The van der Waals surface area contributed by atoms with Gasteiger partial charge in [0, 0.05) is 41.0 Å². The Hall–Kier alpha value is -2.71. The quantitative estimate of drug-likeness (QED) is 0.251. The van der Waals surface area contributed by atoms with Crippen LogP contribution in [0.2, 0.25) is 0 Å². The first-order chi connectivity index (χ1) is 18.4. The Morgan fingerprint density at radius 3 is 2.33 bits per heavy atom. The van der Waals surface area contributed by atoms with Crippen LogP contribution in [0, 0.1) is 0 Å². The zero-order valence-corrected chi connectivity index (χ0v) is 26.2. The molecule has 4 aromatic rings. The van der Waals surface area contributed by atoms with Gasteiger partial charge in [-0.1, -0.05) is 50.2 Å². The molecule has 2 aromatic heterocycles. The molecule has 4 rings (SSSR count). The van der Waals surface area contributed by atoms with E-state index in [4.69, 9.17) is 4.74 Å². The minimum atomic E-state index is -1.28. The maximum absolute atomic E-state index is 11.0. The largest absolute Gasteiger partial charge is 1.00 e. The summed E-state index contributed by atoms with van der Waals surface area (Å²) >= 11 is 1.50. The van der Waals surface area contributed by atoms with Crippen LogP contribution in [-0.2, 0) is 13.2 Å². The smallest absolute Gasteiger partial charge is 0.545 e. The molecule has 0 aliphatic rings. The normalized spacial score (nSPS) is 10.9. The van der Waals surface area contributed by atoms with E-state index in [-0.39, 0.29) is 41.7 Å². The van der Waals surface area contributed by atoms with Crippen LogP contribution in [-0.4, -0.2) is 22.0 Å². The number of thiazole rings is 1. The van der Waals surface area contributed by atoms with Crippen molar-refractivity contribution in [3.8, 4) is 17.0 Å². The molecule has 0 atom stereocenters. The number of aromatic nitrogens is 2. The average molecular weight is 552 g/mol. The van der Waals surface area contributed by atoms with E-state index >= 15 is 0 Å². The van der Waals surface area contributed by atoms with Gasteiger partial charge in [-0.2, -0.15) is 0 Å². The van der Waals surface area contributed by atoms with Crippen molar-refractivity contribution >= 4 is 23.0 Å². The number of nitrogens with zero attached hydrogens (tertiary/aromatic N) is 3. The summed E-state index contributed by atoms with van der Waals surface area (Å²) in [6.45, 7) is 10.0. The molecule has 6 nitrogen and oxygen atoms in total. The first-order valence-electron chi connectivity index (χ1n) is 13.1. The van der Waals surface area contributed by atoms with Crippen LogP contribution >= 0.6 is 11.3 Å². The number of rotatable bonds is 12. The first kappa shape index (κ1) is 30.8. The Labute approximate surface area is 257 Å². The number of benzene rings is 2. The molecule has 0 bridgehead atoms. The molecule has 198 valence electrons. The fraction of sp³-hybridized carbons (Fsp3) is 0.323. The molecule has 2 aromatic carbocycles.